The number of hydrogen-bond acceptors (Lipinski definition) is 2. The molecule has 0 aliphatic heterocycles. The monoisotopic (exact) mass is 264 g/mol. The number of unbranched alkanes of at least 4 members (excludes halogenated alkanes) is 2. The summed E-state index contributed by atoms with van der Waals surface area (Å²) in [6.45, 7) is 5.11. The molecule has 1 unspecified atom stereocenters. The molecule has 0 saturated carbocycles. The minimum atomic E-state index is 0.101. The fourth-order valence-electron chi connectivity index (χ4n) is 2.40. The summed E-state index contributed by atoms with van der Waals surface area (Å²) in [5.74, 6) is 1.23. The molecule has 3 nitrogen and oxygen atoms in total. The van der Waals surface area contributed by atoms with Gasteiger partial charge in [0.15, 0.2) is 0 Å². The summed E-state index contributed by atoms with van der Waals surface area (Å²) in [7, 11) is 0. The Morgan fingerprint density at radius 2 is 2.16 bits per heavy atom. The van der Waals surface area contributed by atoms with Gasteiger partial charge >= 0.3 is 0 Å². The standard InChI is InChI=1S/C16H28N2O/c1-3-4-7-14-9-10-15(12-13(14)2)18-16(19)8-5-6-11-17/h9-10,12-14H,3-8,11,17H2,1-2H3,(H,18,19)/t13-,14?/m0/s1. The Morgan fingerprint density at radius 3 is 2.79 bits per heavy atom. The Morgan fingerprint density at radius 1 is 1.37 bits per heavy atom. The van der Waals surface area contributed by atoms with Gasteiger partial charge in [-0.15, -0.1) is 0 Å². The van der Waals surface area contributed by atoms with Crippen LogP contribution in [0.25, 0.3) is 0 Å². The van der Waals surface area contributed by atoms with Crippen LogP contribution in [0.1, 0.15) is 52.4 Å². The lowest BCUT2D eigenvalue weighted by Gasteiger charge is -2.23. The molecule has 0 aromatic carbocycles. The van der Waals surface area contributed by atoms with E-state index in [2.05, 4.69) is 37.4 Å². The average Bonchev–Trinajstić information content (AvgIpc) is 2.38. The first kappa shape index (κ1) is 16.0. The Kier molecular flexibility index (Phi) is 7.49. The molecule has 0 aromatic heterocycles. The molecule has 0 radical (unpaired) electrons. The van der Waals surface area contributed by atoms with E-state index in [-0.39, 0.29) is 5.91 Å². The molecule has 19 heavy (non-hydrogen) atoms. The summed E-state index contributed by atoms with van der Waals surface area (Å²) in [5, 5.41) is 2.98. The quantitative estimate of drug-likeness (QED) is 0.662. The van der Waals surface area contributed by atoms with Gasteiger partial charge in [0.1, 0.15) is 0 Å². The fourth-order valence-corrected chi connectivity index (χ4v) is 2.40. The van der Waals surface area contributed by atoms with Crippen LogP contribution in [-0.2, 0) is 4.79 Å². The molecule has 1 aliphatic carbocycles. The van der Waals surface area contributed by atoms with Gasteiger partial charge in [-0.3, -0.25) is 4.79 Å². The van der Waals surface area contributed by atoms with Crippen LogP contribution >= 0.6 is 0 Å². The Bertz CT molecular complexity index is 334. The largest absolute Gasteiger partial charge is 0.330 e. The molecule has 1 amide bonds. The van der Waals surface area contributed by atoms with E-state index in [0.717, 1.165) is 18.5 Å². The summed E-state index contributed by atoms with van der Waals surface area (Å²) in [6.07, 6.45) is 12.6. The van der Waals surface area contributed by atoms with E-state index >= 15 is 0 Å². The number of allylic oxidation sites excluding steroid dienone is 3. The van der Waals surface area contributed by atoms with Crippen LogP contribution in [-0.4, -0.2) is 12.5 Å². The predicted octanol–water partition coefficient (Wildman–Crippen LogP) is 3.13. The summed E-state index contributed by atoms with van der Waals surface area (Å²) in [4.78, 5) is 11.7. The van der Waals surface area contributed by atoms with Crippen molar-refractivity contribution in [2.24, 2.45) is 17.6 Å². The number of nitrogens with one attached hydrogen (secondary N) is 1. The zero-order valence-corrected chi connectivity index (χ0v) is 12.3. The van der Waals surface area contributed by atoms with E-state index < -0.39 is 0 Å². The Labute approximate surface area is 117 Å². The number of carbonyl (C=O) groups is 1. The second-order valence-electron chi connectivity index (χ2n) is 5.44. The van der Waals surface area contributed by atoms with Gasteiger partial charge in [-0.1, -0.05) is 38.8 Å². The summed E-state index contributed by atoms with van der Waals surface area (Å²) in [6, 6.07) is 0. The molecule has 2 atom stereocenters. The van der Waals surface area contributed by atoms with Crippen molar-refractivity contribution in [3.8, 4) is 0 Å². The van der Waals surface area contributed by atoms with Crippen LogP contribution in [0, 0.1) is 11.8 Å². The third-order valence-corrected chi connectivity index (χ3v) is 3.67. The molecule has 3 N–H and O–H groups in total. The molecule has 108 valence electrons. The van der Waals surface area contributed by atoms with Crippen molar-refractivity contribution in [1.82, 2.24) is 5.32 Å². The third-order valence-electron chi connectivity index (χ3n) is 3.67. The number of rotatable bonds is 8. The number of carbonyl (C=O) groups excluding carboxylic acids is 1. The van der Waals surface area contributed by atoms with Gasteiger partial charge in [0, 0.05) is 12.1 Å². The van der Waals surface area contributed by atoms with Gasteiger partial charge in [-0.2, -0.15) is 0 Å². The highest BCUT2D eigenvalue weighted by Gasteiger charge is 2.17. The van der Waals surface area contributed by atoms with Gasteiger partial charge in [-0.25, -0.2) is 0 Å². The van der Waals surface area contributed by atoms with Crippen molar-refractivity contribution >= 4 is 5.91 Å². The summed E-state index contributed by atoms with van der Waals surface area (Å²) < 4.78 is 0. The minimum Gasteiger partial charge on any atom is -0.330 e. The molecule has 1 aliphatic rings. The first-order chi connectivity index (χ1) is 9.17. The topological polar surface area (TPSA) is 55.1 Å². The van der Waals surface area contributed by atoms with E-state index in [0.29, 0.717) is 24.8 Å². The zero-order chi connectivity index (χ0) is 14.1. The van der Waals surface area contributed by atoms with Gasteiger partial charge in [-0.05, 0) is 43.7 Å². The van der Waals surface area contributed by atoms with Crippen molar-refractivity contribution in [2.45, 2.75) is 52.4 Å². The molecule has 0 heterocycles. The van der Waals surface area contributed by atoms with Crippen LogP contribution in [0.2, 0.25) is 0 Å². The second-order valence-corrected chi connectivity index (χ2v) is 5.44. The molecule has 3 heteroatoms. The second kappa shape index (κ2) is 8.92. The zero-order valence-electron chi connectivity index (χ0n) is 12.3. The maximum absolute atomic E-state index is 11.7. The number of nitrogens with two attached hydrogens (primary N) is 1. The van der Waals surface area contributed by atoms with E-state index in [1.165, 1.54) is 19.3 Å². The van der Waals surface area contributed by atoms with E-state index in [1.807, 2.05) is 0 Å². The third kappa shape index (κ3) is 6.06. The Hall–Kier alpha value is -1.09. The molecule has 0 spiro atoms. The van der Waals surface area contributed by atoms with Crippen LogP contribution in [0.3, 0.4) is 0 Å². The lowest BCUT2D eigenvalue weighted by Crippen LogP contribution is -2.24. The highest BCUT2D eigenvalue weighted by molar-refractivity contribution is 5.78. The lowest BCUT2D eigenvalue weighted by molar-refractivity contribution is -0.120. The minimum absolute atomic E-state index is 0.101. The van der Waals surface area contributed by atoms with Gasteiger partial charge < -0.3 is 11.1 Å². The molecule has 1 rings (SSSR count). The molecular formula is C16H28N2O. The van der Waals surface area contributed by atoms with Crippen LogP contribution < -0.4 is 11.1 Å². The first-order valence-electron chi connectivity index (χ1n) is 7.57. The SMILES string of the molecule is CCCCC1C=CC(NC(=O)CCCCN)=C[C@@H]1C. The van der Waals surface area contributed by atoms with Crippen LogP contribution in [0.4, 0.5) is 0 Å². The number of amides is 1. The molecule has 0 saturated heterocycles. The summed E-state index contributed by atoms with van der Waals surface area (Å²) >= 11 is 0. The molecule has 0 aromatic rings. The highest BCUT2D eigenvalue weighted by atomic mass is 16.1. The molecule has 0 fully saturated rings. The van der Waals surface area contributed by atoms with Crippen LogP contribution in [0.5, 0.6) is 0 Å². The van der Waals surface area contributed by atoms with Crippen molar-refractivity contribution in [3.63, 3.8) is 0 Å². The van der Waals surface area contributed by atoms with Crippen molar-refractivity contribution in [1.29, 1.82) is 0 Å². The number of hydrogen-bond donors (Lipinski definition) is 2. The predicted molar refractivity (Wildman–Crippen MR) is 80.5 cm³/mol. The fraction of sp³-hybridized carbons (Fsp3) is 0.688. The van der Waals surface area contributed by atoms with Gasteiger partial charge in [0.25, 0.3) is 0 Å². The smallest absolute Gasteiger partial charge is 0.224 e. The van der Waals surface area contributed by atoms with Gasteiger partial charge in [0.2, 0.25) is 5.91 Å². The molecular weight excluding hydrogens is 236 g/mol. The van der Waals surface area contributed by atoms with E-state index in [1.54, 1.807) is 0 Å². The average molecular weight is 264 g/mol. The summed E-state index contributed by atoms with van der Waals surface area (Å²) in [5.41, 5.74) is 6.37. The maximum Gasteiger partial charge on any atom is 0.224 e. The highest BCUT2D eigenvalue weighted by Crippen LogP contribution is 2.26. The first-order valence-corrected chi connectivity index (χ1v) is 7.57. The van der Waals surface area contributed by atoms with Crippen molar-refractivity contribution < 1.29 is 4.79 Å². The normalized spacial score (nSPS) is 22.2. The maximum atomic E-state index is 11.7. The van der Waals surface area contributed by atoms with Gasteiger partial charge in [0.05, 0.1) is 0 Å². The van der Waals surface area contributed by atoms with Crippen molar-refractivity contribution in [2.75, 3.05) is 6.54 Å². The van der Waals surface area contributed by atoms with E-state index in [9.17, 15) is 4.79 Å². The lowest BCUT2D eigenvalue weighted by atomic mass is 9.85. The Balaban J connectivity index is 2.36. The molecule has 0 bridgehead atoms. The van der Waals surface area contributed by atoms with E-state index in [4.69, 9.17) is 5.73 Å². The van der Waals surface area contributed by atoms with Crippen LogP contribution in [0.15, 0.2) is 23.9 Å². The van der Waals surface area contributed by atoms with Crippen molar-refractivity contribution in [3.05, 3.63) is 23.9 Å².